The van der Waals surface area contributed by atoms with E-state index in [1.54, 1.807) is 0 Å². The summed E-state index contributed by atoms with van der Waals surface area (Å²) >= 11 is 0. The topological polar surface area (TPSA) is 0 Å². The molecule has 0 saturated carbocycles. The van der Waals surface area contributed by atoms with Crippen LogP contribution in [0.5, 0.6) is 0 Å². The molecule has 0 amide bonds. The van der Waals surface area contributed by atoms with Gasteiger partial charge in [0.05, 0.1) is 0 Å². The van der Waals surface area contributed by atoms with E-state index in [9.17, 15) is 0 Å². The van der Waals surface area contributed by atoms with Crippen molar-refractivity contribution in [3.05, 3.63) is 5.92 Å². The lowest BCUT2D eigenvalue weighted by Gasteiger charge is -2.47. The zero-order valence-corrected chi connectivity index (χ0v) is 13.6. The van der Waals surface area contributed by atoms with Gasteiger partial charge in [-0.05, 0) is 35.5 Å². The predicted octanol–water partition coefficient (Wildman–Crippen LogP) is 6.12. The van der Waals surface area contributed by atoms with Crippen molar-refractivity contribution >= 4 is 0 Å². The molecule has 103 valence electrons. The van der Waals surface area contributed by atoms with E-state index >= 15 is 0 Å². The highest BCUT2D eigenvalue weighted by atomic mass is 14.5. The second-order valence-electron chi connectivity index (χ2n) is 6.40. The van der Waals surface area contributed by atoms with Gasteiger partial charge in [0.15, 0.2) is 0 Å². The van der Waals surface area contributed by atoms with Crippen molar-refractivity contribution in [1.29, 1.82) is 0 Å². The van der Waals surface area contributed by atoms with E-state index in [1.165, 1.54) is 25.7 Å². The van der Waals surface area contributed by atoms with Crippen molar-refractivity contribution in [3.8, 4) is 0 Å². The van der Waals surface area contributed by atoms with Crippen LogP contribution in [0.4, 0.5) is 0 Å². The summed E-state index contributed by atoms with van der Waals surface area (Å²) in [5.41, 5.74) is 0.438. The van der Waals surface area contributed by atoms with Gasteiger partial charge in [-0.25, -0.2) is 0 Å². The maximum absolute atomic E-state index is 2.52. The highest BCUT2D eigenvalue weighted by molar-refractivity contribution is 5.11. The Hall–Kier alpha value is 0. The fourth-order valence-electron chi connectivity index (χ4n) is 3.66. The molecule has 0 heteroatoms. The average molecular weight is 239 g/mol. The standard InChI is InChI=1S/C17H35/c1-9-12-17(8,15(7)11-3)16(13(4)5)14(6)10-2/h13-15H,9-12H2,1-8H3. The van der Waals surface area contributed by atoms with Gasteiger partial charge in [0.1, 0.15) is 0 Å². The third kappa shape index (κ3) is 4.00. The van der Waals surface area contributed by atoms with Gasteiger partial charge in [-0.15, -0.1) is 0 Å². The van der Waals surface area contributed by atoms with Crippen LogP contribution in [0.25, 0.3) is 0 Å². The Balaban J connectivity index is 5.21. The van der Waals surface area contributed by atoms with Crippen molar-refractivity contribution in [2.24, 2.45) is 23.2 Å². The smallest absolute Gasteiger partial charge is 0.0126 e. The van der Waals surface area contributed by atoms with Gasteiger partial charge in [-0.2, -0.15) is 0 Å². The quantitative estimate of drug-likeness (QED) is 0.479. The largest absolute Gasteiger partial charge is 0.0654 e. The minimum atomic E-state index is 0.438. The Bertz CT molecular complexity index is 194. The Labute approximate surface area is 111 Å². The molecule has 0 saturated heterocycles. The van der Waals surface area contributed by atoms with Crippen molar-refractivity contribution in [2.75, 3.05) is 0 Å². The summed E-state index contributed by atoms with van der Waals surface area (Å²) in [6.07, 6.45) is 5.22. The first-order chi connectivity index (χ1) is 7.84. The van der Waals surface area contributed by atoms with Crippen LogP contribution in [0.3, 0.4) is 0 Å². The molecule has 0 N–H and O–H groups in total. The van der Waals surface area contributed by atoms with Crippen LogP contribution in [0.15, 0.2) is 0 Å². The first kappa shape index (κ1) is 17.0. The van der Waals surface area contributed by atoms with E-state index in [0.717, 1.165) is 17.8 Å². The normalized spacial score (nSPS) is 19.4. The fraction of sp³-hybridized carbons (Fsp3) is 0.941. The Morgan fingerprint density at radius 3 is 1.76 bits per heavy atom. The molecule has 0 fully saturated rings. The molecule has 3 atom stereocenters. The van der Waals surface area contributed by atoms with Gasteiger partial charge in [0.2, 0.25) is 0 Å². The van der Waals surface area contributed by atoms with Gasteiger partial charge < -0.3 is 0 Å². The highest BCUT2D eigenvalue weighted by Gasteiger charge is 2.41. The van der Waals surface area contributed by atoms with Gasteiger partial charge in [0, 0.05) is 0 Å². The van der Waals surface area contributed by atoms with Crippen molar-refractivity contribution in [2.45, 2.75) is 81.1 Å². The SMILES string of the molecule is CCCC(C)([C](C(C)C)C(C)CC)C(C)CC. The summed E-state index contributed by atoms with van der Waals surface area (Å²) in [5.74, 6) is 4.10. The molecule has 0 aliphatic carbocycles. The van der Waals surface area contributed by atoms with Crippen molar-refractivity contribution < 1.29 is 0 Å². The second-order valence-corrected chi connectivity index (χ2v) is 6.40. The van der Waals surface area contributed by atoms with Gasteiger partial charge >= 0.3 is 0 Å². The van der Waals surface area contributed by atoms with Crippen LogP contribution >= 0.6 is 0 Å². The monoisotopic (exact) mass is 239 g/mol. The molecule has 0 aromatic heterocycles. The minimum absolute atomic E-state index is 0.438. The first-order valence-electron chi connectivity index (χ1n) is 7.72. The lowest BCUT2D eigenvalue weighted by molar-refractivity contribution is 0.139. The molecule has 0 nitrogen and oxygen atoms in total. The van der Waals surface area contributed by atoms with Gasteiger partial charge in [-0.1, -0.05) is 74.7 Å². The summed E-state index contributed by atoms with van der Waals surface area (Å²) < 4.78 is 0. The molecule has 0 bridgehead atoms. The summed E-state index contributed by atoms with van der Waals surface area (Å²) in [4.78, 5) is 0. The molecule has 0 aromatic carbocycles. The summed E-state index contributed by atoms with van der Waals surface area (Å²) in [5, 5.41) is 0. The van der Waals surface area contributed by atoms with Crippen molar-refractivity contribution in [3.63, 3.8) is 0 Å². The highest BCUT2D eigenvalue weighted by Crippen LogP contribution is 2.50. The molecule has 1 radical (unpaired) electrons. The Morgan fingerprint density at radius 2 is 1.47 bits per heavy atom. The Morgan fingerprint density at radius 1 is 0.941 bits per heavy atom. The predicted molar refractivity (Wildman–Crippen MR) is 80.0 cm³/mol. The Kier molecular flexibility index (Phi) is 7.44. The van der Waals surface area contributed by atoms with Crippen LogP contribution < -0.4 is 0 Å². The minimum Gasteiger partial charge on any atom is -0.0654 e. The average Bonchev–Trinajstić information content (AvgIpc) is 2.27. The lowest BCUT2D eigenvalue weighted by Crippen LogP contribution is -2.38. The first-order valence-corrected chi connectivity index (χ1v) is 7.72. The summed E-state index contributed by atoms with van der Waals surface area (Å²) in [6.45, 7) is 19.2. The van der Waals surface area contributed by atoms with Crippen LogP contribution in [0.2, 0.25) is 0 Å². The molecule has 0 heterocycles. The maximum atomic E-state index is 2.52. The molecular formula is C17H35. The third-order valence-electron chi connectivity index (χ3n) is 4.89. The molecule has 17 heavy (non-hydrogen) atoms. The molecule has 0 aromatic rings. The molecule has 0 spiro atoms. The molecule has 3 unspecified atom stereocenters. The van der Waals surface area contributed by atoms with E-state index in [4.69, 9.17) is 0 Å². The number of hydrogen-bond acceptors (Lipinski definition) is 0. The molecular weight excluding hydrogens is 204 g/mol. The van der Waals surface area contributed by atoms with E-state index in [1.807, 2.05) is 5.92 Å². The fourth-order valence-corrected chi connectivity index (χ4v) is 3.66. The van der Waals surface area contributed by atoms with Crippen molar-refractivity contribution in [1.82, 2.24) is 0 Å². The zero-order valence-electron chi connectivity index (χ0n) is 13.6. The van der Waals surface area contributed by atoms with Crippen LogP contribution in [0.1, 0.15) is 81.1 Å². The maximum Gasteiger partial charge on any atom is -0.0126 e. The second kappa shape index (κ2) is 7.44. The number of hydrogen-bond donors (Lipinski definition) is 0. The van der Waals surface area contributed by atoms with E-state index in [-0.39, 0.29) is 0 Å². The van der Waals surface area contributed by atoms with Crippen LogP contribution in [-0.2, 0) is 0 Å². The zero-order chi connectivity index (χ0) is 13.6. The third-order valence-corrected chi connectivity index (χ3v) is 4.89. The van der Waals surface area contributed by atoms with E-state index in [0.29, 0.717) is 5.41 Å². The van der Waals surface area contributed by atoms with Gasteiger partial charge in [0.25, 0.3) is 0 Å². The van der Waals surface area contributed by atoms with Crippen LogP contribution in [0, 0.1) is 29.1 Å². The van der Waals surface area contributed by atoms with E-state index < -0.39 is 0 Å². The molecule has 0 aliphatic rings. The van der Waals surface area contributed by atoms with E-state index in [2.05, 4.69) is 55.4 Å². The lowest BCUT2D eigenvalue weighted by atomic mass is 9.58. The van der Waals surface area contributed by atoms with Crippen LogP contribution in [-0.4, -0.2) is 0 Å². The molecule has 0 rings (SSSR count). The summed E-state index contributed by atoms with van der Waals surface area (Å²) in [7, 11) is 0. The van der Waals surface area contributed by atoms with Gasteiger partial charge in [-0.3, -0.25) is 0 Å². The molecule has 0 aliphatic heterocycles. The summed E-state index contributed by atoms with van der Waals surface area (Å²) in [6, 6.07) is 0. The number of rotatable bonds is 8.